The number of fused-ring (bicyclic) bond motifs is 1. The topological polar surface area (TPSA) is 80.7 Å². The van der Waals surface area contributed by atoms with Crippen molar-refractivity contribution in [2.75, 3.05) is 20.3 Å². The largest absolute Gasteiger partial charge is 0.481 e. The number of para-hydroxylation sites is 1. The molecule has 0 radical (unpaired) electrons. The number of amides is 1. The Morgan fingerprint density at radius 2 is 2.27 bits per heavy atom. The molecule has 6 nitrogen and oxygen atoms in total. The predicted molar refractivity (Wildman–Crippen MR) is 81.0 cm³/mol. The Hall–Kier alpha value is -2.18. The molecule has 2 aromatic rings. The van der Waals surface area contributed by atoms with Gasteiger partial charge >= 0.3 is 0 Å². The standard InChI is InChI=1S/C16H18N2O4/c1-21-15-8-11(10-4-2-3-5-12(10)17-15)16(20)18-13-9-22-7-6-14(13)19/h2-5,8,13-14,19H,6-7,9H2,1H3,(H,18,20). The van der Waals surface area contributed by atoms with Gasteiger partial charge in [0.1, 0.15) is 0 Å². The number of hydrogen-bond donors (Lipinski definition) is 2. The second kappa shape index (κ2) is 6.29. The second-order valence-corrected chi connectivity index (χ2v) is 5.24. The summed E-state index contributed by atoms with van der Waals surface area (Å²) in [6.07, 6.45) is -0.0709. The first-order valence-electron chi connectivity index (χ1n) is 7.19. The van der Waals surface area contributed by atoms with E-state index in [0.29, 0.717) is 36.6 Å². The van der Waals surface area contributed by atoms with Gasteiger partial charge < -0.3 is 19.9 Å². The number of nitrogens with zero attached hydrogens (tertiary/aromatic N) is 1. The van der Waals surface area contributed by atoms with Crippen LogP contribution in [0.4, 0.5) is 0 Å². The van der Waals surface area contributed by atoms with Gasteiger partial charge in [-0.05, 0) is 12.5 Å². The highest BCUT2D eigenvalue weighted by Gasteiger charge is 2.26. The molecule has 0 saturated carbocycles. The number of pyridine rings is 1. The molecule has 1 saturated heterocycles. The van der Waals surface area contributed by atoms with E-state index in [9.17, 15) is 9.90 Å². The van der Waals surface area contributed by atoms with E-state index in [1.54, 1.807) is 6.07 Å². The summed E-state index contributed by atoms with van der Waals surface area (Å²) in [6, 6.07) is 8.58. The summed E-state index contributed by atoms with van der Waals surface area (Å²) in [5.41, 5.74) is 1.16. The molecule has 116 valence electrons. The number of aliphatic hydroxyl groups is 1. The number of methoxy groups -OCH3 is 1. The van der Waals surface area contributed by atoms with Crippen molar-refractivity contribution in [1.29, 1.82) is 0 Å². The number of carbonyl (C=O) groups is 1. The Bertz CT molecular complexity index is 689. The summed E-state index contributed by atoms with van der Waals surface area (Å²) in [6.45, 7) is 0.826. The van der Waals surface area contributed by atoms with Gasteiger partial charge in [0.25, 0.3) is 5.91 Å². The monoisotopic (exact) mass is 302 g/mol. The summed E-state index contributed by atoms with van der Waals surface area (Å²) < 4.78 is 10.5. The zero-order valence-electron chi connectivity index (χ0n) is 12.3. The molecule has 1 aromatic carbocycles. The summed E-state index contributed by atoms with van der Waals surface area (Å²) in [5, 5.41) is 13.5. The lowest BCUT2D eigenvalue weighted by Crippen LogP contribution is -2.49. The number of carbonyl (C=O) groups excluding carboxylic acids is 1. The van der Waals surface area contributed by atoms with E-state index >= 15 is 0 Å². The minimum atomic E-state index is -0.590. The van der Waals surface area contributed by atoms with Crippen LogP contribution in [0.5, 0.6) is 5.88 Å². The summed E-state index contributed by atoms with van der Waals surface area (Å²) in [5.74, 6) is 0.107. The number of nitrogens with one attached hydrogen (secondary N) is 1. The fraction of sp³-hybridized carbons (Fsp3) is 0.375. The van der Waals surface area contributed by atoms with E-state index in [0.717, 1.165) is 5.39 Å². The number of rotatable bonds is 3. The minimum Gasteiger partial charge on any atom is -0.481 e. The van der Waals surface area contributed by atoms with Crippen LogP contribution >= 0.6 is 0 Å². The van der Waals surface area contributed by atoms with E-state index < -0.39 is 12.1 Å². The fourth-order valence-corrected chi connectivity index (χ4v) is 2.55. The molecule has 6 heteroatoms. The molecule has 3 rings (SSSR count). The third-order valence-electron chi connectivity index (χ3n) is 3.78. The SMILES string of the molecule is COc1cc(C(=O)NC2COCCC2O)c2ccccc2n1. The van der Waals surface area contributed by atoms with Crippen LogP contribution in [0, 0.1) is 0 Å². The molecule has 22 heavy (non-hydrogen) atoms. The summed E-state index contributed by atoms with van der Waals surface area (Å²) >= 11 is 0. The fourth-order valence-electron chi connectivity index (χ4n) is 2.55. The quantitative estimate of drug-likeness (QED) is 0.888. The summed E-state index contributed by atoms with van der Waals surface area (Å²) in [4.78, 5) is 16.9. The highest BCUT2D eigenvalue weighted by atomic mass is 16.5. The van der Waals surface area contributed by atoms with Crippen LogP contribution in [0.1, 0.15) is 16.8 Å². The van der Waals surface area contributed by atoms with E-state index in [-0.39, 0.29) is 5.91 Å². The van der Waals surface area contributed by atoms with Crippen LogP contribution in [0.2, 0.25) is 0 Å². The zero-order valence-corrected chi connectivity index (χ0v) is 12.3. The van der Waals surface area contributed by atoms with Gasteiger partial charge in [-0.15, -0.1) is 0 Å². The van der Waals surface area contributed by atoms with Gasteiger partial charge in [0, 0.05) is 18.1 Å². The average Bonchev–Trinajstić information content (AvgIpc) is 2.55. The number of aliphatic hydroxyl groups excluding tert-OH is 1. The van der Waals surface area contributed by atoms with E-state index in [1.165, 1.54) is 7.11 Å². The average molecular weight is 302 g/mol. The molecule has 2 atom stereocenters. The van der Waals surface area contributed by atoms with E-state index in [4.69, 9.17) is 9.47 Å². The van der Waals surface area contributed by atoms with Crippen molar-refractivity contribution in [1.82, 2.24) is 10.3 Å². The third kappa shape index (κ3) is 2.88. The first-order chi connectivity index (χ1) is 10.7. The lowest BCUT2D eigenvalue weighted by molar-refractivity contribution is -0.0139. The second-order valence-electron chi connectivity index (χ2n) is 5.24. The van der Waals surface area contributed by atoms with Crippen molar-refractivity contribution in [2.24, 2.45) is 0 Å². The van der Waals surface area contributed by atoms with Crippen LogP contribution in [0.15, 0.2) is 30.3 Å². The molecule has 1 aromatic heterocycles. The molecule has 1 aliphatic rings. The molecular formula is C16H18N2O4. The Balaban J connectivity index is 1.92. The van der Waals surface area contributed by atoms with Gasteiger partial charge in [0.05, 0.1) is 36.9 Å². The Morgan fingerprint density at radius 3 is 3.05 bits per heavy atom. The van der Waals surface area contributed by atoms with Crippen molar-refractivity contribution < 1.29 is 19.4 Å². The van der Waals surface area contributed by atoms with Crippen LogP contribution in [-0.4, -0.2) is 48.5 Å². The predicted octanol–water partition coefficient (Wildman–Crippen LogP) is 1.12. The van der Waals surface area contributed by atoms with Crippen molar-refractivity contribution in [2.45, 2.75) is 18.6 Å². The number of hydrogen-bond acceptors (Lipinski definition) is 5. The third-order valence-corrected chi connectivity index (χ3v) is 3.78. The Morgan fingerprint density at radius 1 is 1.45 bits per heavy atom. The van der Waals surface area contributed by atoms with Gasteiger partial charge in [-0.25, -0.2) is 4.98 Å². The number of ether oxygens (including phenoxy) is 2. The van der Waals surface area contributed by atoms with Crippen molar-refractivity contribution in [3.05, 3.63) is 35.9 Å². The van der Waals surface area contributed by atoms with Gasteiger partial charge in [-0.3, -0.25) is 4.79 Å². The van der Waals surface area contributed by atoms with E-state index in [2.05, 4.69) is 10.3 Å². The van der Waals surface area contributed by atoms with Crippen LogP contribution in [0.3, 0.4) is 0 Å². The maximum Gasteiger partial charge on any atom is 0.252 e. The first-order valence-corrected chi connectivity index (χ1v) is 7.19. The minimum absolute atomic E-state index is 0.272. The zero-order chi connectivity index (χ0) is 15.5. The molecule has 0 spiro atoms. The molecule has 0 bridgehead atoms. The smallest absolute Gasteiger partial charge is 0.252 e. The molecular weight excluding hydrogens is 284 g/mol. The van der Waals surface area contributed by atoms with Crippen molar-refractivity contribution in [3.8, 4) is 5.88 Å². The number of aromatic nitrogens is 1. The lowest BCUT2D eigenvalue weighted by Gasteiger charge is -2.28. The van der Waals surface area contributed by atoms with Crippen LogP contribution < -0.4 is 10.1 Å². The Labute approximate surface area is 128 Å². The number of benzene rings is 1. The molecule has 1 aliphatic heterocycles. The maximum absolute atomic E-state index is 12.6. The van der Waals surface area contributed by atoms with Crippen molar-refractivity contribution >= 4 is 16.8 Å². The van der Waals surface area contributed by atoms with Gasteiger partial charge in [0.2, 0.25) is 5.88 Å². The Kier molecular flexibility index (Phi) is 4.22. The van der Waals surface area contributed by atoms with Crippen molar-refractivity contribution in [3.63, 3.8) is 0 Å². The van der Waals surface area contributed by atoms with Gasteiger partial charge in [0.15, 0.2) is 0 Å². The molecule has 2 N–H and O–H groups in total. The molecule has 2 unspecified atom stereocenters. The highest BCUT2D eigenvalue weighted by Crippen LogP contribution is 2.22. The van der Waals surface area contributed by atoms with Gasteiger partial charge in [-0.1, -0.05) is 18.2 Å². The molecule has 1 amide bonds. The van der Waals surface area contributed by atoms with Gasteiger partial charge in [-0.2, -0.15) is 0 Å². The lowest BCUT2D eigenvalue weighted by atomic mass is 10.0. The summed E-state index contributed by atoms with van der Waals surface area (Å²) in [7, 11) is 1.51. The van der Waals surface area contributed by atoms with Crippen LogP contribution in [0.25, 0.3) is 10.9 Å². The first kappa shape index (κ1) is 14.7. The molecule has 2 heterocycles. The molecule has 0 aliphatic carbocycles. The molecule has 1 fully saturated rings. The maximum atomic E-state index is 12.6. The van der Waals surface area contributed by atoms with Crippen LogP contribution in [-0.2, 0) is 4.74 Å². The van der Waals surface area contributed by atoms with E-state index in [1.807, 2.05) is 24.3 Å². The highest BCUT2D eigenvalue weighted by molar-refractivity contribution is 6.06. The normalized spacial score (nSPS) is 21.5.